The highest BCUT2D eigenvalue weighted by atomic mass is 16.2. The number of nitrogens with two attached hydrogens (primary N) is 1. The topological polar surface area (TPSA) is 63.4 Å². The van der Waals surface area contributed by atoms with Gasteiger partial charge in [-0.25, -0.2) is 0 Å². The SMILES string of the molecule is CC(C)N(C(=O)CCCCC(N)=O)C(C)C. The van der Waals surface area contributed by atoms with Gasteiger partial charge in [-0.2, -0.15) is 0 Å². The molecule has 2 amide bonds. The van der Waals surface area contributed by atoms with Crippen molar-refractivity contribution < 1.29 is 9.59 Å². The molecule has 0 unspecified atom stereocenters. The molecule has 4 heteroatoms. The van der Waals surface area contributed by atoms with Crippen LogP contribution in [0, 0.1) is 0 Å². The Kier molecular flexibility index (Phi) is 6.77. The highest BCUT2D eigenvalue weighted by Crippen LogP contribution is 2.10. The van der Waals surface area contributed by atoms with Gasteiger partial charge in [0, 0.05) is 24.9 Å². The number of nitrogens with zero attached hydrogens (tertiary/aromatic N) is 1. The van der Waals surface area contributed by atoms with Crippen LogP contribution in [0.3, 0.4) is 0 Å². The summed E-state index contributed by atoms with van der Waals surface area (Å²) in [5.74, 6) is -0.133. The first-order valence-electron chi connectivity index (χ1n) is 5.95. The van der Waals surface area contributed by atoms with Crippen molar-refractivity contribution in [2.45, 2.75) is 65.5 Å². The van der Waals surface area contributed by atoms with E-state index in [0.717, 1.165) is 6.42 Å². The number of hydrogen-bond acceptors (Lipinski definition) is 2. The average Bonchev–Trinajstić information content (AvgIpc) is 2.10. The Labute approximate surface area is 98.2 Å². The lowest BCUT2D eigenvalue weighted by atomic mass is 10.1. The maximum absolute atomic E-state index is 11.9. The molecular formula is C12H24N2O2. The quantitative estimate of drug-likeness (QED) is 0.674. The molecule has 0 aliphatic carbocycles. The first kappa shape index (κ1) is 14.9. The summed E-state index contributed by atoms with van der Waals surface area (Å²) in [6.07, 6.45) is 2.31. The van der Waals surface area contributed by atoms with Crippen molar-refractivity contribution in [1.29, 1.82) is 0 Å². The number of rotatable bonds is 7. The van der Waals surface area contributed by atoms with Crippen molar-refractivity contribution in [2.24, 2.45) is 5.73 Å². The Morgan fingerprint density at radius 2 is 1.44 bits per heavy atom. The molecule has 0 aromatic rings. The molecule has 16 heavy (non-hydrogen) atoms. The van der Waals surface area contributed by atoms with Crippen LogP contribution in [-0.4, -0.2) is 28.8 Å². The van der Waals surface area contributed by atoms with Crippen LogP contribution in [0.4, 0.5) is 0 Å². The van der Waals surface area contributed by atoms with Crippen molar-refractivity contribution in [3.05, 3.63) is 0 Å². The van der Waals surface area contributed by atoms with E-state index in [2.05, 4.69) is 0 Å². The van der Waals surface area contributed by atoms with Crippen LogP contribution in [0.5, 0.6) is 0 Å². The van der Waals surface area contributed by atoms with Gasteiger partial charge in [-0.1, -0.05) is 0 Å². The lowest BCUT2D eigenvalue weighted by Crippen LogP contribution is -2.41. The van der Waals surface area contributed by atoms with E-state index in [1.54, 1.807) is 0 Å². The van der Waals surface area contributed by atoms with Crippen LogP contribution in [0.25, 0.3) is 0 Å². The number of carbonyl (C=O) groups excluding carboxylic acids is 2. The van der Waals surface area contributed by atoms with Crippen LogP contribution in [-0.2, 0) is 9.59 Å². The smallest absolute Gasteiger partial charge is 0.223 e. The molecule has 0 atom stereocenters. The minimum Gasteiger partial charge on any atom is -0.370 e. The molecule has 2 N–H and O–H groups in total. The zero-order chi connectivity index (χ0) is 12.7. The second-order valence-electron chi connectivity index (χ2n) is 4.66. The molecular weight excluding hydrogens is 204 g/mol. The van der Waals surface area contributed by atoms with Gasteiger partial charge in [-0.05, 0) is 40.5 Å². The fourth-order valence-electron chi connectivity index (χ4n) is 1.88. The molecule has 0 aromatic heterocycles. The van der Waals surface area contributed by atoms with Gasteiger partial charge < -0.3 is 10.6 Å². The molecule has 0 bridgehead atoms. The predicted molar refractivity (Wildman–Crippen MR) is 64.8 cm³/mol. The highest BCUT2D eigenvalue weighted by Gasteiger charge is 2.19. The average molecular weight is 228 g/mol. The minimum absolute atomic E-state index is 0.162. The Balaban J connectivity index is 3.98. The van der Waals surface area contributed by atoms with E-state index in [4.69, 9.17) is 5.73 Å². The Morgan fingerprint density at radius 1 is 1.00 bits per heavy atom. The Bertz CT molecular complexity index is 229. The van der Waals surface area contributed by atoms with Gasteiger partial charge >= 0.3 is 0 Å². The van der Waals surface area contributed by atoms with Gasteiger partial charge in [0.25, 0.3) is 0 Å². The molecule has 0 spiro atoms. The van der Waals surface area contributed by atoms with E-state index in [1.807, 2.05) is 32.6 Å². The molecule has 0 saturated carbocycles. The summed E-state index contributed by atoms with van der Waals surface area (Å²) < 4.78 is 0. The second-order valence-corrected chi connectivity index (χ2v) is 4.66. The van der Waals surface area contributed by atoms with Crippen LogP contribution in [0.1, 0.15) is 53.4 Å². The van der Waals surface area contributed by atoms with E-state index in [9.17, 15) is 9.59 Å². The maximum Gasteiger partial charge on any atom is 0.223 e. The molecule has 0 fully saturated rings. The molecule has 4 nitrogen and oxygen atoms in total. The first-order chi connectivity index (χ1) is 7.36. The second kappa shape index (κ2) is 7.25. The summed E-state index contributed by atoms with van der Waals surface area (Å²) in [5.41, 5.74) is 5.03. The normalized spacial score (nSPS) is 10.9. The van der Waals surface area contributed by atoms with Gasteiger partial charge in [-0.3, -0.25) is 9.59 Å². The largest absolute Gasteiger partial charge is 0.370 e. The standard InChI is InChI=1S/C12H24N2O2/c1-9(2)14(10(3)4)12(16)8-6-5-7-11(13)15/h9-10H,5-8H2,1-4H3,(H2,13,15). The fraction of sp³-hybridized carbons (Fsp3) is 0.833. The number of primary amides is 1. The van der Waals surface area contributed by atoms with E-state index < -0.39 is 0 Å². The number of hydrogen-bond donors (Lipinski definition) is 1. The van der Waals surface area contributed by atoms with Crippen molar-refractivity contribution >= 4 is 11.8 Å². The molecule has 0 aliphatic heterocycles. The number of unbranched alkanes of at least 4 members (excludes halogenated alkanes) is 1. The molecule has 0 aromatic carbocycles. The van der Waals surface area contributed by atoms with E-state index in [0.29, 0.717) is 19.3 Å². The number of carbonyl (C=O) groups is 2. The van der Waals surface area contributed by atoms with Gasteiger partial charge in [0.1, 0.15) is 0 Å². The van der Waals surface area contributed by atoms with E-state index in [-0.39, 0.29) is 23.9 Å². The lowest BCUT2D eigenvalue weighted by Gasteiger charge is -2.30. The maximum atomic E-state index is 11.9. The molecule has 0 heterocycles. The third-order valence-electron chi connectivity index (χ3n) is 2.46. The summed E-state index contributed by atoms with van der Waals surface area (Å²) in [6, 6.07) is 0.451. The molecule has 0 saturated heterocycles. The molecule has 0 aliphatic rings. The Hall–Kier alpha value is -1.06. The first-order valence-corrected chi connectivity index (χ1v) is 5.95. The third-order valence-corrected chi connectivity index (χ3v) is 2.46. The summed E-state index contributed by atoms with van der Waals surface area (Å²) in [4.78, 5) is 24.3. The third kappa shape index (κ3) is 5.73. The molecule has 0 radical (unpaired) electrons. The molecule has 0 rings (SSSR count). The van der Waals surface area contributed by atoms with Crippen LogP contribution in [0.2, 0.25) is 0 Å². The predicted octanol–water partition coefficient (Wildman–Crippen LogP) is 1.68. The van der Waals surface area contributed by atoms with Crippen LogP contribution in [0.15, 0.2) is 0 Å². The van der Waals surface area contributed by atoms with Gasteiger partial charge in [0.15, 0.2) is 0 Å². The summed E-state index contributed by atoms with van der Waals surface area (Å²) >= 11 is 0. The van der Waals surface area contributed by atoms with Crippen LogP contribution < -0.4 is 5.73 Å². The lowest BCUT2D eigenvalue weighted by molar-refractivity contribution is -0.135. The van der Waals surface area contributed by atoms with Gasteiger partial charge in [0.05, 0.1) is 0 Å². The summed E-state index contributed by atoms with van der Waals surface area (Å²) in [7, 11) is 0. The van der Waals surface area contributed by atoms with E-state index in [1.165, 1.54) is 0 Å². The van der Waals surface area contributed by atoms with Crippen molar-refractivity contribution in [1.82, 2.24) is 4.90 Å². The highest BCUT2D eigenvalue weighted by molar-refractivity contribution is 5.77. The van der Waals surface area contributed by atoms with Gasteiger partial charge in [0.2, 0.25) is 11.8 Å². The Morgan fingerprint density at radius 3 is 1.81 bits per heavy atom. The van der Waals surface area contributed by atoms with Crippen molar-refractivity contribution in [3.8, 4) is 0 Å². The fourth-order valence-corrected chi connectivity index (χ4v) is 1.88. The zero-order valence-corrected chi connectivity index (χ0v) is 10.8. The summed E-state index contributed by atoms with van der Waals surface area (Å²) in [6.45, 7) is 8.06. The monoisotopic (exact) mass is 228 g/mol. The number of amides is 2. The van der Waals surface area contributed by atoms with Crippen molar-refractivity contribution in [3.63, 3.8) is 0 Å². The summed E-state index contributed by atoms with van der Waals surface area (Å²) in [5, 5.41) is 0. The molecule has 94 valence electrons. The van der Waals surface area contributed by atoms with Crippen LogP contribution >= 0.6 is 0 Å². The van der Waals surface area contributed by atoms with Gasteiger partial charge in [-0.15, -0.1) is 0 Å². The van der Waals surface area contributed by atoms with E-state index >= 15 is 0 Å². The zero-order valence-electron chi connectivity index (χ0n) is 10.8. The minimum atomic E-state index is -0.294. The van der Waals surface area contributed by atoms with Crippen molar-refractivity contribution in [2.75, 3.05) is 0 Å².